The summed E-state index contributed by atoms with van der Waals surface area (Å²) in [7, 11) is 0. The summed E-state index contributed by atoms with van der Waals surface area (Å²) >= 11 is 0. The molecular formula is C22H26N2O3. The van der Waals surface area contributed by atoms with Crippen LogP contribution in [-0.2, 0) is 11.2 Å². The first-order valence-corrected chi connectivity index (χ1v) is 9.57. The molecule has 5 nitrogen and oxygen atoms in total. The highest BCUT2D eigenvalue weighted by molar-refractivity contribution is 6.04. The number of rotatable bonds is 6. The summed E-state index contributed by atoms with van der Waals surface area (Å²) < 4.78 is 5.42. The lowest BCUT2D eigenvalue weighted by Crippen LogP contribution is -2.36. The largest absolute Gasteiger partial charge is 0.494 e. The van der Waals surface area contributed by atoms with Gasteiger partial charge in [-0.25, -0.2) is 0 Å². The first kappa shape index (κ1) is 19.0. The van der Waals surface area contributed by atoms with Gasteiger partial charge in [-0.05, 0) is 56.0 Å². The molecule has 0 spiro atoms. The van der Waals surface area contributed by atoms with E-state index in [1.807, 2.05) is 48.2 Å². The van der Waals surface area contributed by atoms with Gasteiger partial charge in [0.15, 0.2) is 0 Å². The number of hydrogen-bond acceptors (Lipinski definition) is 3. The zero-order valence-electron chi connectivity index (χ0n) is 15.7. The number of ether oxygens (including phenoxy) is 1. The quantitative estimate of drug-likeness (QED) is 0.844. The van der Waals surface area contributed by atoms with Gasteiger partial charge in [-0.15, -0.1) is 0 Å². The van der Waals surface area contributed by atoms with E-state index in [4.69, 9.17) is 4.74 Å². The van der Waals surface area contributed by atoms with Gasteiger partial charge >= 0.3 is 0 Å². The van der Waals surface area contributed by atoms with Gasteiger partial charge < -0.3 is 15.0 Å². The van der Waals surface area contributed by atoms with Crippen molar-refractivity contribution in [1.82, 2.24) is 4.90 Å². The first-order chi connectivity index (χ1) is 13.2. The Kier molecular flexibility index (Phi) is 6.47. The molecule has 142 valence electrons. The summed E-state index contributed by atoms with van der Waals surface area (Å²) in [6.45, 7) is 4.12. The molecule has 0 unspecified atom stereocenters. The van der Waals surface area contributed by atoms with Crippen LogP contribution < -0.4 is 10.1 Å². The van der Waals surface area contributed by atoms with E-state index in [0.29, 0.717) is 17.9 Å². The molecule has 1 fully saturated rings. The Labute approximate surface area is 160 Å². The summed E-state index contributed by atoms with van der Waals surface area (Å²) in [4.78, 5) is 27.2. The number of hydrogen-bond donors (Lipinski definition) is 1. The number of nitrogens with one attached hydrogen (secondary N) is 1. The van der Waals surface area contributed by atoms with Crippen molar-refractivity contribution in [2.45, 2.75) is 32.6 Å². The average Bonchev–Trinajstić information content (AvgIpc) is 2.70. The fraction of sp³-hybridized carbons (Fsp3) is 0.364. The van der Waals surface area contributed by atoms with Crippen LogP contribution in [0, 0.1) is 0 Å². The van der Waals surface area contributed by atoms with Crippen LogP contribution in [0.25, 0.3) is 0 Å². The molecule has 0 saturated carbocycles. The van der Waals surface area contributed by atoms with Crippen molar-refractivity contribution in [2.24, 2.45) is 0 Å². The lowest BCUT2D eigenvalue weighted by atomic mass is 10.1. The van der Waals surface area contributed by atoms with Gasteiger partial charge in [-0.3, -0.25) is 9.59 Å². The van der Waals surface area contributed by atoms with Crippen molar-refractivity contribution in [1.29, 1.82) is 0 Å². The Morgan fingerprint density at radius 2 is 1.70 bits per heavy atom. The zero-order valence-corrected chi connectivity index (χ0v) is 15.7. The maximum absolute atomic E-state index is 12.8. The highest BCUT2D eigenvalue weighted by Gasteiger charge is 2.21. The molecule has 2 aromatic rings. The molecule has 0 aromatic heterocycles. The number of anilines is 1. The van der Waals surface area contributed by atoms with Gasteiger partial charge in [0.1, 0.15) is 5.75 Å². The van der Waals surface area contributed by atoms with E-state index < -0.39 is 0 Å². The van der Waals surface area contributed by atoms with Gasteiger partial charge in [-0.1, -0.05) is 24.3 Å². The van der Waals surface area contributed by atoms with Crippen molar-refractivity contribution < 1.29 is 14.3 Å². The predicted molar refractivity (Wildman–Crippen MR) is 106 cm³/mol. The van der Waals surface area contributed by atoms with Crippen LogP contribution in [0.2, 0.25) is 0 Å². The van der Waals surface area contributed by atoms with E-state index in [0.717, 1.165) is 37.2 Å². The van der Waals surface area contributed by atoms with Crippen molar-refractivity contribution >= 4 is 17.5 Å². The molecule has 1 heterocycles. The molecule has 2 aromatic carbocycles. The molecular weight excluding hydrogens is 340 g/mol. The van der Waals surface area contributed by atoms with Crippen molar-refractivity contribution in [3.63, 3.8) is 0 Å². The topological polar surface area (TPSA) is 58.6 Å². The summed E-state index contributed by atoms with van der Waals surface area (Å²) in [5.74, 6) is 0.642. The third kappa shape index (κ3) is 5.09. The summed E-state index contributed by atoms with van der Waals surface area (Å²) in [5.41, 5.74) is 2.03. The molecule has 1 aliphatic rings. The molecule has 27 heavy (non-hydrogen) atoms. The molecule has 1 aliphatic heterocycles. The van der Waals surface area contributed by atoms with Crippen LogP contribution in [0.3, 0.4) is 0 Å². The fourth-order valence-corrected chi connectivity index (χ4v) is 3.30. The smallest absolute Gasteiger partial charge is 0.255 e. The summed E-state index contributed by atoms with van der Waals surface area (Å²) in [5, 5.41) is 2.90. The van der Waals surface area contributed by atoms with E-state index in [1.54, 1.807) is 12.1 Å². The molecule has 1 saturated heterocycles. The third-order valence-electron chi connectivity index (χ3n) is 4.67. The van der Waals surface area contributed by atoms with Crippen LogP contribution in [0.5, 0.6) is 5.75 Å². The van der Waals surface area contributed by atoms with Crippen LogP contribution in [-0.4, -0.2) is 36.4 Å². The van der Waals surface area contributed by atoms with E-state index in [1.165, 1.54) is 6.42 Å². The number of carbonyl (C=O) groups excluding carboxylic acids is 2. The minimum absolute atomic E-state index is 0.00772. The number of carbonyl (C=O) groups is 2. The minimum atomic E-state index is -0.141. The maximum atomic E-state index is 12.8. The predicted octanol–water partition coefficient (Wildman–Crippen LogP) is 3.89. The Balaban J connectivity index is 1.66. The number of para-hydroxylation sites is 1. The maximum Gasteiger partial charge on any atom is 0.255 e. The van der Waals surface area contributed by atoms with Crippen LogP contribution in [0.1, 0.15) is 42.1 Å². The number of piperidine rings is 1. The second-order valence-electron chi connectivity index (χ2n) is 6.70. The van der Waals surface area contributed by atoms with E-state index in [-0.39, 0.29) is 18.2 Å². The molecule has 0 atom stereocenters. The zero-order chi connectivity index (χ0) is 19.1. The monoisotopic (exact) mass is 366 g/mol. The molecule has 0 aliphatic carbocycles. The standard InChI is InChI=1S/C22H26N2O3/c1-2-27-18-12-10-17(11-13-18)16-21(25)23-20-9-5-4-8-19(20)22(26)24-14-6-3-7-15-24/h4-5,8-13H,2-3,6-7,14-16H2,1H3,(H,23,25). The van der Waals surface area contributed by atoms with Gasteiger partial charge in [0.25, 0.3) is 5.91 Å². The number of amides is 2. The molecule has 3 rings (SSSR count). The Hall–Kier alpha value is -2.82. The van der Waals surface area contributed by atoms with Gasteiger partial charge in [0, 0.05) is 13.1 Å². The fourth-order valence-electron chi connectivity index (χ4n) is 3.30. The Morgan fingerprint density at radius 1 is 1.00 bits per heavy atom. The molecule has 5 heteroatoms. The van der Waals surface area contributed by atoms with Crippen molar-refractivity contribution in [3.05, 3.63) is 59.7 Å². The third-order valence-corrected chi connectivity index (χ3v) is 4.67. The van der Waals surface area contributed by atoms with Gasteiger partial charge in [0.05, 0.1) is 24.3 Å². The minimum Gasteiger partial charge on any atom is -0.494 e. The first-order valence-electron chi connectivity index (χ1n) is 9.57. The molecule has 2 amide bonds. The van der Waals surface area contributed by atoms with Crippen LogP contribution >= 0.6 is 0 Å². The van der Waals surface area contributed by atoms with E-state index in [9.17, 15) is 9.59 Å². The van der Waals surface area contributed by atoms with Crippen LogP contribution in [0.15, 0.2) is 48.5 Å². The molecule has 1 N–H and O–H groups in total. The molecule has 0 radical (unpaired) electrons. The number of nitrogens with zero attached hydrogens (tertiary/aromatic N) is 1. The lowest BCUT2D eigenvalue weighted by Gasteiger charge is -2.27. The van der Waals surface area contributed by atoms with E-state index >= 15 is 0 Å². The van der Waals surface area contributed by atoms with Crippen molar-refractivity contribution in [2.75, 3.05) is 25.0 Å². The van der Waals surface area contributed by atoms with Crippen molar-refractivity contribution in [3.8, 4) is 5.75 Å². The average molecular weight is 366 g/mol. The van der Waals surface area contributed by atoms with Crippen LogP contribution in [0.4, 0.5) is 5.69 Å². The number of likely N-dealkylation sites (tertiary alicyclic amines) is 1. The van der Waals surface area contributed by atoms with E-state index in [2.05, 4.69) is 5.32 Å². The highest BCUT2D eigenvalue weighted by Crippen LogP contribution is 2.20. The lowest BCUT2D eigenvalue weighted by molar-refractivity contribution is -0.115. The summed E-state index contributed by atoms with van der Waals surface area (Å²) in [6, 6.07) is 14.7. The Bertz CT molecular complexity index is 780. The highest BCUT2D eigenvalue weighted by atomic mass is 16.5. The second kappa shape index (κ2) is 9.21. The SMILES string of the molecule is CCOc1ccc(CC(=O)Nc2ccccc2C(=O)N2CCCCC2)cc1. The summed E-state index contributed by atoms with van der Waals surface area (Å²) in [6.07, 6.45) is 3.50. The van der Waals surface area contributed by atoms with Gasteiger partial charge in [0.2, 0.25) is 5.91 Å². The normalized spacial score (nSPS) is 13.9. The number of benzene rings is 2. The second-order valence-corrected chi connectivity index (χ2v) is 6.70. The molecule has 0 bridgehead atoms. The Morgan fingerprint density at radius 3 is 2.41 bits per heavy atom. The van der Waals surface area contributed by atoms with Gasteiger partial charge in [-0.2, -0.15) is 0 Å².